The maximum absolute atomic E-state index is 12.6. The van der Waals surface area contributed by atoms with Crippen molar-refractivity contribution in [3.05, 3.63) is 20.8 Å². The molecule has 0 spiro atoms. The van der Waals surface area contributed by atoms with Crippen LogP contribution in [0.15, 0.2) is 9.59 Å². The van der Waals surface area contributed by atoms with Crippen LogP contribution in [-0.4, -0.2) is 44.1 Å². The number of terminal acetylenes is 1. The molecular formula is C14H18FN5O4. The minimum Gasteiger partial charge on any atom is -0.394 e. The number of nitrogen functional groups attached to an aromatic ring is 1. The van der Waals surface area contributed by atoms with Crippen LogP contribution in [0.3, 0.4) is 0 Å². The van der Waals surface area contributed by atoms with Gasteiger partial charge in [-0.15, -0.1) is 6.42 Å². The van der Waals surface area contributed by atoms with E-state index in [1.165, 1.54) is 4.57 Å². The molecule has 0 bridgehead atoms. The quantitative estimate of drug-likeness (QED) is 0.638. The molecule has 0 amide bonds. The van der Waals surface area contributed by atoms with Gasteiger partial charge in [0.15, 0.2) is 11.2 Å². The van der Waals surface area contributed by atoms with E-state index in [0.717, 1.165) is 4.57 Å². The molecule has 1 fully saturated rings. The lowest BCUT2D eigenvalue weighted by Crippen LogP contribution is -2.28. The Balaban J connectivity index is 0.00000100. The smallest absolute Gasteiger partial charge is 0.333 e. The summed E-state index contributed by atoms with van der Waals surface area (Å²) >= 11 is 0. The number of hydrogen-bond acceptors (Lipinski definition) is 6. The molecule has 10 heteroatoms. The van der Waals surface area contributed by atoms with Crippen molar-refractivity contribution in [2.45, 2.75) is 31.7 Å². The van der Waals surface area contributed by atoms with E-state index < -0.39 is 17.5 Å². The van der Waals surface area contributed by atoms with Gasteiger partial charge >= 0.3 is 5.69 Å². The maximum atomic E-state index is 12.6. The van der Waals surface area contributed by atoms with Crippen LogP contribution in [0.1, 0.15) is 19.1 Å². The zero-order chi connectivity index (χ0) is 17.9. The molecule has 2 aromatic rings. The third kappa shape index (κ3) is 2.91. The monoisotopic (exact) mass is 339 g/mol. The minimum atomic E-state index is -0.611. The molecular weight excluding hydrogens is 321 g/mol. The van der Waals surface area contributed by atoms with E-state index in [0.29, 0.717) is 20.0 Å². The van der Waals surface area contributed by atoms with Crippen LogP contribution in [0, 0.1) is 12.3 Å². The van der Waals surface area contributed by atoms with Crippen LogP contribution < -0.4 is 17.0 Å². The third-order valence-electron chi connectivity index (χ3n) is 3.66. The Kier molecular flexibility index (Phi) is 5.38. The molecule has 3 heterocycles. The molecule has 2 unspecified atom stereocenters. The first-order chi connectivity index (χ1) is 11.6. The number of nitrogens with one attached hydrogen (secondary N) is 1. The highest BCUT2D eigenvalue weighted by atomic mass is 19.1. The highest BCUT2D eigenvalue weighted by Gasteiger charge is 2.31. The van der Waals surface area contributed by atoms with Crippen molar-refractivity contribution in [2.75, 3.05) is 19.5 Å². The van der Waals surface area contributed by atoms with Gasteiger partial charge in [-0.1, -0.05) is 5.92 Å². The molecule has 9 nitrogen and oxygen atoms in total. The van der Waals surface area contributed by atoms with Gasteiger partial charge in [0, 0.05) is 0 Å². The van der Waals surface area contributed by atoms with Gasteiger partial charge in [-0.2, -0.15) is 4.98 Å². The zero-order valence-corrected chi connectivity index (χ0v) is 13.0. The summed E-state index contributed by atoms with van der Waals surface area (Å²) in [5.41, 5.74) is 4.74. The average molecular weight is 339 g/mol. The lowest BCUT2D eigenvalue weighted by Gasteiger charge is -2.13. The van der Waals surface area contributed by atoms with Gasteiger partial charge in [0.1, 0.15) is 6.23 Å². The number of nitrogens with zero attached hydrogens (tertiary/aromatic N) is 3. The van der Waals surface area contributed by atoms with Crippen molar-refractivity contribution in [1.82, 2.24) is 19.1 Å². The number of H-pyrrole nitrogens is 1. The molecule has 1 saturated heterocycles. The van der Waals surface area contributed by atoms with Crippen LogP contribution in [0.4, 0.5) is 10.3 Å². The summed E-state index contributed by atoms with van der Waals surface area (Å²) < 4.78 is 17.5. The fourth-order valence-electron chi connectivity index (χ4n) is 2.71. The molecule has 2 atom stereocenters. The number of aromatic amines is 1. The van der Waals surface area contributed by atoms with Gasteiger partial charge in [-0.05, 0) is 12.8 Å². The second-order valence-corrected chi connectivity index (χ2v) is 5.04. The first-order valence-electron chi connectivity index (χ1n) is 7.15. The summed E-state index contributed by atoms with van der Waals surface area (Å²) in [5, 5.41) is 9.16. The number of hydrogen-bond donors (Lipinski definition) is 3. The Morgan fingerprint density at radius 3 is 2.79 bits per heavy atom. The number of anilines is 1. The largest absolute Gasteiger partial charge is 0.394 e. The van der Waals surface area contributed by atoms with Crippen molar-refractivity contribution in [2.24, 2.45) is 0 Å². The molecule has 4 N–H and O–H groups in total. The number of alkyl halides is 1. The van der Waals surface area contributed by atoms with E-state index in [2.05, 4.69) is 15.9 Å². The SMILES string of the molecule is C#CCn1c(=O)n(C2CCC(CO)O2)c2nc(N)[nH]c(=O)c21.CF. The van der Waals surface area contributed by atoms with E-state index in [9.17, 15) is 14.0 Å². The van der Waals surface area contributed by atoms with Gasteiger partial charge < -0.3 is 15.6 Å². The molecule has 0 aromatic carbocycles. The van der Waals surface area contributed by atoms with Crippen molar-refractivity contribution in [3.63, 3.8) is 0 Å². The van der Waals surface area contributed by atoms with E-state index in [4.69, 9.17) is 22.0 Å². The lowest BCUT2D eigenvalue weighted by atomic mass is 10.2. The van der Waals surface area contributed by atoms with E-state index in [1.54, 1.807) is 0 Å². The minimum absolute atomic E-state index is 0.0623. The molecule has 0 radical (unpaired) electrons. The Bertz CT molecular complexity index is 878. The predicted octanol–water partition coefficient (Wildman–Crippen LogP) is -0.643. The molecule has 2 aromatic heterocycles. The summed E-state index contributed by atoms with van der Waals surface area (Å²) in [7, 11) is 0.500. The van der Waals surface area contributed by atoms with Crippen LogP contribution in [-0.2, 0) is 11.3 Å². The van der Waals surface area contributed by atoms with Crippen molar-refractivity contribution in [3.8, 4) is 12.3 Å². The number of aliphatic hydroxyl groups is 1. The normalized spacial score (nSPS) is 19.8. The standard InChI is InChI=1S/C13H15N5O4.CH3F/c1-2-5-17-9-10(15-12(14)16-11(9)20)18(13(17)21)8-4-3-7(6-19)22-8;1-2/h1,7-8,19H,3-6H2,(H3,14,15,16,20);1H3. The van der Waals surface area contributed by atoms with Crippen LogP contribution in [0.25, 0.3) is 11.2 Å². The van der Waals surface area contributed by atoms with Crippen molar-refractivity contribution in [1.29, 1.82) is 0 Å². The first kappa shape index (κ1) is 17.7. The maximum Gasteiger partial charge on any atom is 0.333 e. The summed E-state index contributed by atoms with van der Waals surface area (Å²) in [4.78, 5) is 31.1. The molecule has 1 aliphatic rings. The fraction of sp³-hybridized carbons (Fsp3) is 0.500. The van der Waals surface area contributed by atoms with Crippen LogP contribution in [0.2, 0.25) is 0 Å². The predicted molar refractivity (Wildman–Crippen MR) is 85.1 cm³/mol. The first-order valence-corrected chi connectivity index (χ1v) is 7.15. The van der Waals surface area contributed by atoms with Gasteiger partial charge in [-0.25, -0.2) is 9.36 Å². The van der Waals surface area contributed by atoms with E-state index >= 15 is 0 Å². The summed E-state index contributed by atoms with van der Waals surface area (Å²) in [6, 6.07) is 0. The number of aromatic nitrogens is 4. The Morgan fingerprint density at radius 1 is 1.50 bits per heavy atom. The average Bonchev–Trinajstić information content (AvgIpc) is 3.13. The summed E-state index contributed by atoms with van der Waals surface area (Å²) in [6.07, 6.45) is 5.44. The van der Waals surface area contributed by atoms with Crippen LogP contribution in [0.5, 0.6) is 0 Å². The number of rotatable bonds is 3. The zero-order valence-electron chi connectivity index (χ0n) is 13.0. The fourth-order valence-corrected chi connectivity index (χ4v) is 2.71. The summed E-state index contributed by atoms with van der Waals surface area (Å²) in [6.45, 7) is -0.197. The van der Waals surface area contributed by atoms with Crippen LogP contribution >= 0.6 is 0 Å². The van der Waals surface area contributed by atoms with Crippen molar-refractivity contribution >= 4 is 17.1 Å². The van der Waals surface area contributed by atoms with E-state index in [1.807, 2.05) is 0 Å². The topological polar surface area (TPSA) is 128 Å². The number of halogens is 1. The molecule has 0 aliphatic carbocycles. The molecule has 130 valence electrons. The van der Waals surface area contributed by atoms with Gasteiger partial charge in [0.25, 0.3) is 5.56 Å². The summed E-state index contributed by atoms with van der Waals surface area (Å²) in [5.74, 6) is 2.24. The lowest BCUT2D eigenvalue weighted by molar-refractivity contribution is -0.0223. The Labute approximate surface area is 135 Å². The highest BCUT2D eigenvalue weighted by molar-refractivity contribution is 5.71. The number of aliphatic hydroxyl groups excluding tert-OH is 1. The number of fused-ring (bicyclic) bond motifs is 1. The molecule has 0 saturated carbocycles. The molecule has 3 rings (SSSR count). The Hall–Kier alpha value is -2.64. The van der Waals surface area contributed by atoms with Gasteiger partial charge in [-0.3, -0.25) is 18.7 Å². The van der Waals surface area contributed by atoms with E-state index in [-0.39, 0.29) is 36.4 Å². The third-order valence-corrected chi connectivity index (χ3v) is 3.66. The molecule has 1 aliphatic heterocycles. The van der Waals surface area contributed by atoms with Gasteiger partial charge in [0.05, 0.1) is 26.4 Å². The second kappa shape index (κ2) is 7.29. The highest BCUT2D eigenvalue weighted by Crippen LogP contribution is 2.28. The number of nitrogens with two attached hydrogens (primary N) is 1. The van der Waals surface area contributed by atoms with Gasteiger partial charge in [0.2, 0.25) is 5.95 Å². The second-order valence-electron chi connectivity index (χ2n) is 5.04. The number of ether oxygens (including phenoxy) is 1. The Morgan fingerprint density at radius 2 is 2.21 bits per heavy atom. The van der Waals surface area contributed by atoms with Crippen molar-refractivity contribution < 1.29 is 14.2 Å². The molecule has 24 heavy (non-hydrogen) atoms. The number of imidazole rings is 1.